The number of nitrogens with one attached hydrogen (secondary N) is 1. The van der Waals surface area contributed by atoms with E-state index in [2.05, 4.69) is 10.4 Å². The van der Waals surface area contributed by atoms with Gasteiger partial charge in [0, 0.05) is 17.5 Å². The molecule has 0 fully saturated rings. The summed E-state index contributed by atoms with van der Waals surface area (Å²) in [5.74, 6) is 4.39. The third-order valence-electron chi connectivity index (χ3n) is 3.20. The highest BCUT2D eigenvalue weighted by Crippen LogP contribution is 2.21. The van der Waals surface area contributed by atoms with Crippen molar-refractivity contribution in [3.05, 3.63) is 64.5 Å². The minimum Gasteiger partial charge on any atom is -0.271 e. The van der Waals surface area contributed by atoms with Crippen LogP contribution in [0, 0.1) is 25.5 Å². The average Bonchev–Trinajstić information content (AvgIpc) is 2.35. The van der Waals surface area contributed by atoms with Crippen LogP contribution in [0.4, 0.5) is 8.78 Å². The number of nitrogens with zero attached hydrogens (tertiary/aromatic N) is 1. The fourth-order valence-corrected chi connectivity index (χ4v) is 2.29. The van der Waals surface area contributed by atoms with E-state index in [1.54, 1.807) is 0 Å². The van der Waals surface area contributed by atoms with Crippen molar-refractivity contribution in [3.8, 4) is 0 Å². The van der Waals surface area contributed by atoms with Crippen molar-refractivity contribution in [2.45, 2.75) is 26.3 Å². The Hall–Kier alpha value is -1.85. The minimum absolute atomic E-state index is 0.246. The number of hydrazine groups is 1. The topological polar surface area (TPSA) is 50.9 Å². The maximum absolute atomic E-state index is 13.2. The fourth-order valence-electron chi connectivity index (χ4n) is 2.29. The van der Waals surface area contributed by atoms with Crippen molar-refractivity contribution >= 4 is 0 Å². The minimum atomic E-state index is -0.588. The molecule has 1 heterocycles. The molecule has 0 saturated carbocycles. The summed E-state index contributed by atoms with van der Waals surface area (Å²) in [7, 11) is 0. The quantitative estimate of drug-likeness (QED) is 0.667. The fraction of sp³-hybridized carbons (Fsp3) is 0.267. The number of rotatable bonds is 4. The number of aryl methyl sites for hydroxylation is 2. The molecule has 0 radical (unpaired) electrons. The Morgan fingerprint density at radius 3 is 2.35 bits per heavy atom. The molecule has 0 aliphatic carbocycles. The molecular weight excluding hydrogens is 260 g/mol. The Kier molecular flexibility index (Phi) is 4.42. The number of pyridine rings is 1. The molecule has 0 aliphatic rings. The van der Waals surface area contributed by atoms with Crippen LogP contribution in [0.1, 0.15) is 28.6 Å². The third kappa shape index (κ3) is 3.37. The molecule has 3 N–H and O–H groups in total. The van der Waals surface area contributed by atoms with Gasteiger partial charge in [-0.25, -0.2) is 8.78 Å². The first-order valence-electron chi connectivity index (χ1n) is 6.35. The average molecular weight is 277 g/mol. The van der Waals surface area contributed by atoms with Crippen molar-refractivity contribution in [2.24, 2.45) is 5.84 Å². The normalized spacial score (nSPS) is 12.4. The van der Waals surface area contributed by atoms with E-state index < -0.39 is 11.6 Å². The molecule has 0 spiro atoms. The summed E-state index contributed by atoms with van der Waals surface area (Å²) < 4.78 is 26.4. The summed E-state index contributed by atoms with van der Waals surface area (Å²) in [6, 6.07) is 7.04. The van der Waals surface area contributed by atoms with Crippen LogP contribution in [0.5, 0.6) is 0 Å². The predicted octanol–water partition coefficient (Wildman–Crippen LogP) is 2.72. The number of nitrogens with two attached hydrogens (primary N) is 1. The zero-order valence-corrected chi connectivity index (χ0v) is 11.5. The number of benzene rings is 1. The smallest absolute Gasteiger partial charge is 0.126 e. The third-order valence-corrected chi connectivity index (χ3v) is 3.20. The van der Waals surface area contributed by atoms with Crippen molar-refractivity contribution in [2.75, 3.05) is 0 Å². The van der Waals surface area contributed by atoms with E-state index in [9.17, 15) is 8.78 Å². The van der Waals surface area contributed by atoms with Gasteiger partial charge in [-0.2, -0.15) is 0 Å². The largest absolute Gasteiger partial charge is 0.271 e. The maximum atomic E-state index is 13.2. The number of hydrogen-bond acceptors (Lipinski definition) is 3. The standard InChI is InChI=1S/C15H17F2N3/c1-9-3-4-14(10(2)19-9)15(20-18)7-11-5-12(16)8-13(17)6-11/h3-6,8,15,20H,7,18H2,1-2H3. The molecule has 5 heteroatoms. The Balaban J connectivity index is 2.28. The number of halogens is 2. The summed E-state index contributed by atoms with van der Waals surface area (Å²) in [5, 5.41) is 0. The molecule has 106 valence electrons. The molecule has 1 aromatic carbocycles. The first kappa shape index (κ1) is 14.6. The zero-order chi connectivity index (χ0) is 14.7. The lowest BCUT2D eigenvalue weighted by Gasteiger charge is -2.18. The van der Waals surface area contributed by atoms with Crippen LogP contribution in [0.3, 0.4) is 0 Å². The second kappa shape index (κ2) is 6.07. The second-order valence-electron chi connectivity index (χ2n) is 4.83. The van der Waals surface area contributed by atoms with Crippen LogP contribution >= 0.6 is 0 Å². The molecule has 1 unspecified atom stereocenters. The van der Waals surface area contributed by atoms with Gasteiger partial charge in [0.1, 0.15) is 11.6 Å². The summed E-state index contributed by atoms with van der Waals surface area (Å²) >= 11 is 0. The zero-order valence-electron chi connectivity index (χ0n) is 11.5. The molecule has 0 saturated heterocycles. The molecule has 0 aliphatic heterocycles. The first-order chi connectivity index (χ1) is 9.49. The molecule has 3 nitrogen and oxygen atoms in total. The highest BCUT2D eigenvalue weighted by Gasteiger charge is 2.15. The van der Waals surface area contributed by atoms with Crippen LogP contribution in [0.25, 0.3) is 0 Å². The number of aromatic nitrogens is 1. The van der Waals surface area contributed by atoms with Crippen LogP contribution in [-0.4, -0.2) is 4.98 Å². The summed E-state index contributed by atoms with van der Waals surface area (Å²) in [6.07, 6.45) is 0.386. The van der Waals surface area contributed by atoms with E-state index in [-0.39, 0.29) is 6.04 Å². The van der Waals surface area contributed by atoms with Crippen molar-refractivity contribution < 1.29 is 8.78 Å². The van der Waals surface area contributed by atoms with E-state index in [0.717, 1.165) is 23.0 Å². The van der Waals surface area contributed by atoms with Gasteiger partial charge in [-0.1, -0.05) is 6.07 Å². The van der Waals surface area contributed by atoms with Crippen molar-refractivity contribution in [1.29, 1.82) is 0 Å². The Morgan fingerprint density at radius 2 is 1.80 bits per heavy atom. The summed E-state index contributed by atoms with van der Waals surface area (Å²) in [5.41, 5.74) is 5.91. The first-order valence-corrected chi connectivity index (χ1v) is 6.35. The lowest BCUT2D eigenvalue weighted by Crippen LogP contribution is -2.30. The van der Waals surface area contributed by atoms with Crippen molar-refractivity contribution in [1.82, 2.24) is 10.4 Å². The van der Waals surface area contributed by atoms with Gasteiger partial charge < -0.3 is 0 Å². The van der Waals surface area contributed by atoms with Gasteiger partial charge in [0.2, 0.25) is 0 Å². The lowest BCUT2D eigenvalue weighted by molar-refractivity contribution is 0.536. The molecule has 0 bridgehead atoms. The Bertz CT molecular complexity index is 594. The maximum Gasteiger partial charge on any atom is 0.126 e. The van der Waals surface area contributed by atoms with E-state index in [1.807, 2.05) is 26.0 Å². The highest BCUT2D eigenvalue weighted by atomic mass is 19.1. The molecule has 2 aromatic rings. The van der Waals surface area contributed by atoms with E-state index in [4.69, 9.17) is 5.84 Å². The van der Waals surface area contributed by atoms with Gasteiger partial charge in [0.05, 0.1) is 6.04 Å². The Morgan fingerprint density at radius 1 is 1.15 bits per heavy atom. The van der Waals surface area contributed by atoms with Crippen LogP contribution < -0.4 is 11.3 Å². The van der Waals surface area contributed by atoms with Gasteiger partial charge in [0.15, 0.2) is 0 Å². The van der Waals surface area contributed by atoms with Gasteiger partial charge in [0.25, 0.3) is 0 Å². The highest BCUT2D eigenvalue weighted by molar-refractivity contribution is 5.28. The van der Waals surface area contributed by atoms with Gasteiger partial charge >= 0.3 is 0 Å². The van der Waals surface area contributed by atoms with E-state index in [1.165, 1.54) is 12.1 Å². The second-order valence-corrected chi connectivity index (χ2v) is 4.83. The molecule has 0 amide bonds. The Labute approximate surface area is 116 Å². The molecule has 2 rings (SSSR count). The monoisotopic (exact) mass is 277 g/mol. The van der Waals surface area contributed by atoms with E-state index >= 15 is 0 Å². The molecule has 1 aromatic heterocycles. The molecule has 20 heavy (non-hydrogen) atoms. The summed E-state index contributed by atoms with van der Waals surface area (Å²) in [4.78, 5) is 4.38. The van der Waals surface area contributed by atoms with Gasteiger partial charge in [-0.15, -0.1) is 0 Å². The number of hydrogen-bond donors (Lipinski definition) is 2. The SMILES string of the molecule is Cc1ccc(C(Cc2cc(F)cc(F)c2)NN)c(C)n1. The van der Waals surface area contributed by atoms with Crippen LogP contribution in [-0.2, 0) is 6.42 Å². The molecule has 1 atom stereocenters. The molecular formula is C15H17F2N3. The predicted molar refractivity (Wildman–Crippen MR) is 73.8 cm³/mol. The van der Waals surface area contributed by atoms with Crippen LogP contribution in [0.15, 0.2) is 30.3 Å². The van der Waals surface area contributed by atoms with E-state index in [0.29, 0.717) is 12.0 Å². The van der Waals surface area contributed by atoms with Crippen molar-refractivity contribution in [3.63, 3.8) is 0 Å². The van der Waals surface area contributed by atoms with Gasteiger partial charge in [-0.3, -0.25) is 16.3 Å². The summed E-state index contributed by atoms with van der Waals surface area (Å²) in [6.45, 7) is 3.79. The van der Waals surface area contributed by atoms with Gasteiger partial charge in [-0.05, 0) is 49.6 Å². The lowest BCUT2D eigenvalue weighted by atomic mass is 9.98. The van der Waals surface area contributed by atoms with Crippen LogP contribution in [0.2, 0.25) is 0 Å².